The van der Waals surface area contributed by atoms with E-state index in [0.717, 1.165) is 77.0 Å². The van der Waals surface area contributed by atoms with Crippen LogP contribution < -0.4 is 0 Å². The molecular formula is C57H106O6. The molecule has 1 atom stereocenters. The van der Waals surface area contributed by atoms with Gasteiger partial charge in [0.1, 0.15) is 13.2 Å². The van der Waals surface area contributed by atoms with Gasteiger partial charge in [-0.05, 0) is 70.6 Å². The highest BCUT2D eigenvalue weighted by molar-refractivity contribution is 5.71. The van der Waals surface area contributed by atoms with E-state index in [2.05, 4.69) is 45.1 Å². The third kappa shape index (κ3) is 50.7. The molecule has 0 aliphatic rings. The fraction of sp³-hybridized carbons (Fsp3) is 0.877. The topological polar surface area (TPSA) is 78.9 Å². The van der Waals surface area contributed by atoms with Crippen molar-refractivity contribution in [3.8, 4) is 0 Å². The second kappa shape index (κ2) is 52.5. The maximum atomic E-state index is 12.8. The lowest BCUT2D eigenvalue weighted by Crippen LogP contribution is -2.30. The molecule has 63 heavy (non-hydrogen) atoms. The number of rotatable bonds is 51. The van der Waals surface area contributed by atoms with Gasteiger partial charge in [-0.2, -0.15) is 0 Å². The summed E-state index contributed by atoms with van der Waals surface area (Å²) >= 11 is 0. The van der Waals surface area contributed by atoms with E-state index in [1.54, 1.807) is 0 Å². The summed E-state index contributed by atoms with van der Waals surface area (Å²) in [6.45, 7) is 6.65. The highest BCUT2D eigenvalue weighted by Crippen LogP contribution is 2.16. The average molecular weight is 887 g/mol. The fourth-order valence-corrected chi connectivity index (χ4v) is 8.20. The summed E-state index contributed by atoms with van der Waals surface area (Å²) < 4.78 is 16.8. The summed E-state index contributed by atoms with van der Waals surface area (Å²) in [6, 6.07) is 0. The molecule has 6 nitrogen and oxygen atoms in total. The number of ether oxygens (including phenoxy) is 3. The molecule has 0 heterocycles. The number of unbranched alkanes of at least 4 members (excludes halogenated alkanes) is 36. The summed E-state index contributed by atoms with van der Waals surface area (Å²) in [4.78, 5) is 38.0. The van der Waals surface area contributed by atoms with Crippen LogP contribution in [0.25, 0.3) is 0 Å². The van der Waals surface area contributed by atoms with Crippen LogP contribution >= 0.6 is 0 Å². The van der Waals surface area contributed by atoms with Gasteiger partial charge in [-0.15, -0.1) is 0 Å². The van der Waals surface area contributed by atoms with Crippen LogP contribution in [0.3, 0.4) is 0 Å². The quantitative estimate of drug-likeness (QED) is 0.0262. The zero-order valence-corrected chi connectivity index (χ0v) is 42.4. The highest BCUT2D eigenvalue weighted by atomic mass is 16.6. The maximum absolute atomic E-state index is 12.8. The van der Waals surface area contributed by atoms with Gasteiger partial charge in [0.05, 0.1) is 0 Å². The molecule has 0 aromatic heterocycles. The predicted molar refractivity (Wildman–Crippen MR) is 270 cm³/mol. The van der Waals surface area contributed by atoms with Gasteiger partial charge in [0.15, 0.2) is 6.10 Å². The minimum absolute atomic E-state index is 0.0763. The summed E-state index contributed by atoms with van der Waals surface area (Å²) in [5.41, 5.74) is 0. The van der Waals surface area contributed by atoms with Crippen LogP contribution in [0.4, 0.5) is 0 Å². The molecule has 0 saturated carbocycles. The Labute approximate surface area is 392 Å². The van der Waals surface area contributed by atoms with E-state index < -0.39 is 6.10 Å². The lowest BCUT2D eigenvalue weighted by Gasteiger charge is -2.18. The maximum Gasteiger partial charge on any atom is 0.306 e. The second-order valence-corrected chi connectivity index (χ2v) is 18.8. The molecule has 0 aliphatic carbocycles. The molecule has 370 valence electrons. The molecule has 0 aliphatic heterocycles. The Hall–Kier alpha value is -2.11. The molecule has 0 fully saturated rings. The third-order valence-corrected chi connectivity index (χ3v) is 12.4. The van der Waals surface area contributed by atoms with Crippen molar-refractivity contribution in [2.75, 3.05) is 13.2 Å². The SMILES string of the molecule is CCCCCCCC/C=C\CCCCCC(=O)OCC(COC(=O)CCCCCCC/C=C\CCCCCCCCC)OC(=O)CCCCCCCCCCCCCCCCCC. The van der Waals surface area contributed by atoms with Crippen molar-refractivity contribution in [2.24, 2.45) is 0 Å². The van der Waals surface area contributed by atoms with Gasteiger partial charge in [-0.3, -0.25) is 14.4 Å². The van der Waals surface area contributed by atoms with Crippen LogP contribution in [-0.2, 0) is 28.6 Å². The first kappa shape index (κ1) is 60.9. The van der Waals surface area contributed by atoms with Crippen LogP contribution in [-0.4, -0.2) is 37.2 Å². The fourth-order valence-electron chi connectivity index (χ4n) is 8.20. The summed E-state index contributed by atoms with van der Waals surface area (Å²) in [7, 11) is 0. The van der Waals surface area contributed by atoms with Gasteiger partial charge >= 0.3 is 17.9 Å². The molecule has 0 N–H and O–H groups in total. The van der Waals surface area contributed by atoms with Crippen molar-refractivity contribution in [3.05, 3.63) is 24.3 Å². The van der Waals surface area contributed by atoms with E-state index >= 15 is 0 Å². The molecule has 0 saturated heterocycles. The summed E-state index contributed by atoms with van der Waals surface area (Å²) in [5, 5.41) is 0. The van der Waals surface area contributed by atoms with E-state index in [4.69, 9.17) is 14.2 Å². The smallest absolute Gasteiger partial charge is 0.306 e. The molecule has 6 heteroatoms. The van der Waals surface area contributed by atoms with Crippen LogP contribution in [0, 0.1) is 0 Å². The number of carbonyl (C=O) groups is 3. The summed E-state index contributed by atoms with van der Waals surface area (Å²) in [6.07, 6.45) is 60.2. The number of allylic oxidation sites excluding steroid dienone is 4. The van der Waals surface area contributed by atoms with Crippen LogP contribution in [0.1, 0.15) is 303 Å². The molecular weight excluding hydrogens is 781 g/mol. The lowest BCUT2D eigenvalue weighted by molar-refractivity contribution is -0.167. The monoisotopic (exact) mass is 887 g/mol. The van der Waals surface area contributed by atoms with Crippen LogP contribution in [0.5, 0.6) is 0 Å². The number of carbonyl (C=O) groups excluding carboxylic acids is 3. The van der Waals surface area contributed by atoms with Crippen LogP contribution in [0.15, 0.2) is 24.3 Å². The van der Waals surface area contributed by atoms with Gasteiger partial charge in [0, 0.05) is 19.3 Å². The van der Waals surface area contributed by atoms with Crippen molar-refractivity contribution >= 4 is 17.9 Å². The molecule has 1 unspecified atom stereocenters. The molecule has 0 aromatic rings. The van der Waals surface area contributed by atoms with E-state index in [9.17, 15) is 14.4 Å². The molecule has 0 amide bonds. The minimum Gasteiger partial charge on any atom is -0.462 e. The van der Waals surface area contributed by atoms with Crippen LogP contribution in [0.2, 0.25) is 0 Å². The van der Waals surface area contributed by atoms with Crippen molar-refractivity contribution in [2.45, 2.75) is 309 Å². The Morgan fingerprint density at radius 3 is 0.810 bits per heavy atom. The average Bonchev–Trinajstić information content (AvgIpc) is 3.28. The van der Waals surface area contributed by atoms with Gasteiger partial charge in [-0.1, -0.05) is 238 Å². The second-order valence-electron chi connectivity index (χ2n) is 18.8. The normalized spacial score (nSPS) is 12.1. The standard InChI is InChI=1S/C57H106O6/c1-4-7-10-13-16-19-22-25-27-29-32-35-38-41-44-47-50-56(59)62-53-54(52-61-55(58)49-46-43-40-37-34-31-24-21-18-15-12-9-6-3)63-57(60)51-48-45-42-39-36-33-30-28-26-23-20-17-14-11-8-5-2/h27,29,31,34,54H,4-26,28,30,32-33,35-53H2,1-3H3/b29-27-,34-31-. The Balaban J connectivity index is 4.36. The van der Waals surface area contributed by atoms with Gasteiger partial charge in [-0.25, -0.2) is 0 Å². The van der Waals surface area contributed by atoms with Crippen molar-refractivity contribution < 1.29 is 28.6 Å². The molecule has 0 rings (SSSR count). The van der Waals surface area contributed by atoms with Gasteiger partial charge in [0.25, 0.3) is 0 Å². The Morgan fingerprint density at radius 1 is 0.302 bits per heavy atom. The predicted octanol–water partition coefficient (Wildman–Crippen LogP) is 18.3. The number of hydrogen-bond donors (Lipinski definition) is 0. The van der Waals surface area contributed by atoms with E-state index in [1.807, 2.05) is 0 Å². The third-order valence-electron chi connectivity index (χ3n) is 12.4. The first-order chi connectivity index (χ1) is 31.0. The van der Waals surface area contributed by atoms with E-state index in [1.165, 1.54) is 186 Å². The summed E-state index contributed by atoms with van der Waals surface area (Å²) in [5.74, 6) is -0.883. The van der Waals surface area contributed by atoms with Gasteiger partial charge in [0.2, 0.25) is 0 Å². The van der Waals surface area contributed by atoms with Crippen molar-refractivity contribution in [1.29, 1.82) is 0 Å². The van der Waals surface area contributed by atoms with E-state index in [-0.39, 0.29) is 31.1 Å². The molecule has 0 radical (unpaired) electrons. The van der Waals surface area contributed by atoms with E-state index in [0.29, 0.717) is 19.3 Å². The first-order valence-electron chi connectivity index (χ1n) is 27.8. The highest BCUT2D eigenvalue weighted by Gasteiger charge is 2.19. The minimum atomic E-state index is -0.776. The zero-order chi connectivity index (χ0) is 45.8. The lowest BCUT2D eigenvalue weighted by atomic mass is 10.0. The molecule has 0 spiro atoms. The Bertz CT molecular complexity index is 1020. The van der Waals surface area contributed by atoms with Crippen molar-refractivity contribution in [3.63, 3.8) is 0 Å². The molecule has 0 aromatic carbocycles. The Morgan fingerprint density at radius 2 is 0.524 bits per heavy atom. The number of hydrogen-bond acceptors (Lipinski definition) is 6. The van der Waals surface area contributed by atoms with Gasteiger partial charge < -0.3 is 14.2 Å². The van der Waals surface area contributed by atoms with Crippen molar-refractivity contribution in [1.82, 2.24) is 0 Å². The molecule has 0 bridgehead atoms. The largest absolute Gasteiger partial charge is 0.462 e. The Kier molecular flexibility index (Phi) is 50.8. The first-order valence-corrected chi connectivity index (χ1v) is 27.8. The zero-order valence-electron chi connectivity index (χ0n) is 42.4. The number of esters is 3.